The van der Waals surface area contributed by atoms with Gasteiger partial charge in [-0.15, -0.1) is 0 Å². The summed E-state index contributed by atoms with van der Waals surface area (Å²) in [5, 5.41) is 6.84. The number of hydrogen-bond donors (Lipinski definition) is 1. The molecular formula is C16H19N3O2. The highest BCUT2D eigenvalue weighted by Gasteiger charge is 2.24. The summed E-state index contributed by atoms with van der Waals surface area (Å²) in [5.41, 5.74) is 4.31. The van der Waals surface area contributed by atoms with Gasteiger partial charge < -0.3 is 5.32 Å². The second-order valence-corrected chi connectivity index (χ2v) is 5.27. The highest BCUT2D eigenvalue weighted by molar-refractivity contribution is 6.47. The lowest BCUT2D eigenvalue weighted by molar-refractivity contribution is -0.112. The van der Waals surface area contributed by atoms with Crippen LogP contribution in [0.1, 0.15) is 32.9 Å². The minimum atomic E-state index is -0.638. The van der Waals surface area contributed by atoms with Crippen molar-refractivity contribution in [2.24, 2.45) is 7.05 Å². The second kappa shape index (κ2) is 5.52. The summed E-state index contributed by atoms with van der Waals surface area (Å²) in [5.74, 6) is -1.20. The minimum absolute atomic E-state index is 0.375. The lowest BCUT2D eigenvalue weighted by atomic mass is 10.1. The van der Waals surface area contributed by atoms with E-state index in [0.29, 0.717) is 22.6 Å². The van der Waals surface area contributed by atoms with Gasteiger partial charge in [0, 0.05) is 18.4 Å². The molecule has 1 N–H and O–H groups in total. The van der Waals surface area contributed by atoms with Crippen molar-refractivity contribution in [3.8, 4) is 0 Å². The maximum atomic E-state index is 12.3. The van der Waals surface area contributed by atoms with Crippen LogP contribution in [0.2, 0.25) is 0 Å². The molecule has 5 heteroatoms. The molecule has 1 amide bonds. The SMILES string of the molecule is Cc1ccc(NC(=O)C(=O)c2c(C)nn(C)c2C)c(C)c1. The maximum absolute atomic E-state index is 12.3. The average molecular weight is 285 g/mol. The van der Waals surface area contributed by atoms with Gasteiger partial charge in [0.2, 0.25) is 0 Å². The van der Waals surface area contributed by atoms with E-state index in [2.05, 4.69) is 10.4 Å². The average Bonchev–Trinajstić information content (AvgIpc) is 2.66. The molecule has 0 bridgehead atoms. The highest BCUT2D eigenvalue weighted by Crippen LogP contribution is 2.18. The summed E-state index contributed by atoms with van der Waals surface area (Å²) >= 11 is 0. The number of aryl methyl sites for hydroxylation is 4. The fourth-order valence-electron chi connectivity index (χ4n) is 2.35. The molecule has 0 saturated carbocycles. The molecule has 1 aromatic heterocycles. The van der Waals surface area contributed by atoms with Crippen molar-refractivity contribution in [2.75, 3.05) is 5.32 Å². The monoisotopic (exact) mass is 285 g/mol. The predicted octanol–water partition coefficient (Wildman–Crippen LogP) is 2.48. The van der Waals surface area contributed by atoms with E-state index in [0.717, 1.165) is 11.1 Å². The number of nitrogens with one attached hydrogen (secondary N) is 1. The molecule has 0 unspecified atom stereocenters. The van der Waals surface area contributed by atoms with Crippen molar-refractivity contribution in [1.29, 1.82) is 0 Å². The van der Waals surface area contributed by atoms with Gasteiger partial charge in [0.05, 0.1) is 11.3 Å². The number of ketones is 1. The van der Waals surface area contributed by atoms with E-state index < -0.39 is 11.7 Å². The van der Waals surface area contributed by atoms with Gasteiger partial charge in [-0.05, 0) is 39.3 Å². The van der Waals surface area contributed by atoms with Crippen LogP contribution < -0.4 is 5.32 Å². The van der Waals surface area contributed by atoms with Gasteiger partial charge in [-0.2, -0.15) is 5.10 Å². The normalized spacial score (nSPS) is 10.5. The van der Waals surface area contributed by atoms with Crippen LogP contribution in [-0.2, 0) is 11.8 Å². The molecule has 1 heterocycles. The van der Waals surface area contributed by atoms with Crippen LogP contribution in [0.4, 0.5) is 5.69 Å². The summed E-state index contributed by atoms with van der Waals surface area (Å²) in [7, 11) is 1.75. The standard InChI is InChI=1S/C16H19N3O2/c1-9-6-7-13(10(2)8-9)17-16(21)15(20)14-11(3)18-19(5)12(14)4/h6-8H,1-5H3,(H,17,21). The summed E-state index contributed by atoms with van der Waals surface area (Å²) in [6.45, 7) is 7.38. The Labute approximate surface area is 124 Å². The van der Waals surface area contributed by atoms with Crippen molar-refractivity contribution in [1.82, 2.24) is 9.78 Å². The van der Waals surface area contributed by atoms with E-state index in [-0.39, 0.29) is 0 Å². The zero-order valence-electron chi connectivity index (χ0n) is 12.9. The van der Waals surface area contributed by atoms with E-state index in [1.165, 1.54) is 0 Å². The summed E-state index contributed by atoms with van der Waals surface area (Å²) < 4.78 is 1.60. The van der Waals surface area contributed by atoms with Crippen molar-refractivity contribution < 1.29 is 9.59 Å². The number of aromatic nitrogens is 2. The number of anilines is 1. The number of Topliss-reactive ketones (excluding diaryl/α,β-unsaturated/α-hetero) is 1. The van der Waals surface area contributed by atoms with Crippen molar-refractivity contribution in [2.45, 2.75) is 27.7 Å². The van der Waals surface area contributed by atoms with Gasteiger partial charge in [0.15, 0.2) is 0 Å². The Morgan fingerprint density at radius 2 is 1.81 bits per heavy atom. The number of carbonyl (C=O) groups is 2. The third-order valence-electron chi connectivity index (χ3n) is 3.57. The van der Waals surface area contributed by atoms with Crippen LogP contribution in [0.3, 0.4) is 0 Å². The molecular weight excluding hydrogens is 266 g/mol. The Balaban J connectivity index is 2.26. The number of rotatable bonds is 3. The Bertz CT molecular complexity index is 729. The van der Waals surface area contributed by atoms with Crippen molar-refractivity contribution in [3.63, 3.8) is 0 Å². The number of amides is 1. The molecule has 110 valence electrons. The molecule has 1 aromatic carbocycles. The molecule has 0 saturated heterocycles. The van der Waals surface area contributed by atoms with Crippen LogP contribution in [0.5, 0.6) is 0 Å². The quantitative estimate of drug-likeness (QED) is 0.696. The molecule has 0 atom stereocenters. The smallest absolute Gasteiger partial charge is 0.296 e. The maximum Gasteiger partial charge on any atom is 0.296 e. The van der Waals surface area contributed by atoms with Gasteiger partial charge in [0.25, 0.3) is 11.7 Å². The number of hydrogen-bond acceptors (Lipinski definition) is 3. The number of carbonyl (C=O) groups excluding carboxylic acids is 2. The van der Waals surface area contributed by atoms with E-state index in [1.54, 1.807) is 31.6 Å². The fourth-order valence-corrected chi connectivity index (χ4v) is 2.35. The van der Waals surface area contributed by atoms with E-state index in [1.807, 2.05) is 26.0 Å². The zero-order valence-corrected chi connectivity index (χ0v) is 12.9. The number of nitrogens with zero attached hydrogens (tertiary/aromatic N) is 2. The first kappa shape index (κ1) is 15.0. The van der Waals surface area contributed by atoms with Gasteiger partial charge in [-0.3, -0.25) is 14.3 Å². The topological polar surface area (TPSA) is 64.0 Å². The van der Waals surface area contributed by atoms with Crippen LogP contribution in [0.25, 0.3) is 0 Å². The molecule has 0 fully saturated rings. The first-order chi connectivity index (χ1) is 9.81. The Kier molecular flexibility index (Phi) is 3.93. The Morgan fingerprint density at radius 3 is 2.33 bits per heavy atom. The van der Waals surface area contributed by atoms with Crippen LogP contribution in [0, 0.1) is 27.7 Å². The van der Waals surface area contributed by atoms with Gasteiger partial charge in [-0.25, -0.2) is 0 Å². The molecule has 0 aliphatic heterocycles. The van der Waals surface area contributed by atoms with Crippen LogP contribution in [-0.4, -0.2) is 21.5 Å². The third-order valence-corrected chi connectivity index (χ3v) is 3.57. The molecule has 0 aliphatic rings. The van der Waals surface area contributed by atoms with E-state index in [9.17, 15) is 9.59 Å². The predicted molar refractivity (Wildman–Crippen MR) is 81.6 cm³/mol. The highest BCUT2D eigenvalue weighted by atomic mass is 16.2. The fraction of sp³-hybridized carbons (Fsp3) is 0.312. The molecule has 0 radical (unpaired) electrons. The van der Waals surface area contributed by atoms with E-state index >= 15 is 0 Å². The molecule has 0 aliphatic carbocycles. The zero-order chi connectivity index (χ0) is 15.7. The van der Waals surface area contributed by atoms with Gasteiger partial charge in [-0.1, -0.05) is 17.7 Å². The summed E-state index contributed by atoms with van der Waals surface area (Å²) in [4.78, 5) is 24.5. The number of benzene rings is 1. The molecule has 0 spiro atoms. The van der Waals surface area contributed by atoms with Crippen molar-refractivity contribution in [3.05, 3.63) is 46.3 Å². The van der Waals surface area contributed by atoms with Crippen LogP contribution in [0.15, 0.2) is 18.2 Å². The second-order valence-electron chi connectivity index (χ2n) is 5.27. The summed E-state index contributed by atoms with van der Waals surface area (Å²) in [6, 6.07) is 5.66. The summed E-state index contributed by atoms with van der Waals surface area (Å²) in [6.07, 6.45) is 0. The first-order valence-corrected chi connectivity index (χ1v) is 6.74. The lowest BCUT2D eigenvalue weighted by Crippen LogP contribution is -2.24. The van der Waals surface area contributed by atoms with Gasteiger partial charge >= 0.3 is 0 Å². The van der Waals surface area contributed by atoms with Crippen LogP contribution >= 0.6 is 0 Å². The third kappa shape index (κ3) is 2.86. The lowest BCUT2D eigenvalue weighted by Gasteiger charge is -2.08. The molecule has 5 nitrogen and oxygen atoms in total. The largest absolute Gasteiger partial charge is 0.319 e. The van der Waals surface area contributed by atoms with Crippen molar-refractivity contribution >= 4 is 17.4 Å². The molecule has 2 aromatic rings. The Morgan fingerprint density at radius 1 is 1.14 bits per heavy atom. The minimum Gasteiger partial charge on any atom is -0.319 e. The Hall–Kier alpha value is -2.43. The first-order valence-electron chi connectivity index (χ1n) is 6.74. The molecule has 21 heavy (non-hydrogen) atoms. The van der Waals surface area contributed by atoms with E-state index in [4.69, 9.17) is 0 Å². The molecule has 2 rings (SSSR count). The van der Waals surface area contributed by atoms with Gasteiger partial charge in [0.1, 0.15) is 0 Å².